The van der Waals surface area contributed by atoms with Crippen LogP contribution < -0.4 is 0 Å². The number of aromatic nitrogens is 2. The Bertz CT molecular complexity index is 706. The largest absolute Gasteiger partial charge is 0.467 e. The molecule has 2 aromatic rings. The van der Waals surface area contributed by atoms with E-state index >= 15 is 0 Å². The van der Waals surface area contributed by atoms with Gasteiger partial charge in [0.2, 0.25) is 0 Å². The quantitative estimate of drug-likeness (QED) is 0.839. The van der Waals surface area contributed by atoms with E-state index in [9.17, 15) is 9.90 Å². The van der Waals surface area contributed by atoms with Crippen LogP contribution in [0, 0.1) is 5.92 Å². The highest BCUT2D eigenvalue weighted by Gasteiger charge is 2.30. The minimum atomic E-state index is -1.01. The number of rotatable bonds is 5. The average Bonchev–Trinajstić information content (AvgIpc) is 3.02. The van der Waals surface area contributed by atoms with Crippen molar-refractivity contribution in [2.75, 3.05) is 20.2 Å². The number of esters is 1. The molecule has 0 bridgehead atoms. The van der Waals surface area contributed by atoms with E-state index < -0.39 is 12.1 Å². The standard InChI is InChI=1S/C19H25N3O3/c1-21-12-16(17(20-21)14-6-4-3-5-7-14)13-22-10-8-15(9-11-22)18(23)19(24)25-2/h3-7,12,15,18,23H,8-11,13H2,1-2H3/t18-/m1/s1. The first-order chi connectivity index (χ1) is 12.1. The number of hydrogen-bond acceptors (Lipinski definition) is 5. The van der Waals surface area contributed by atoms with Crippen molar-refractivity contribution in [3.05, 3.63) is 42.1 Å². The fourth-order valence-corrected chi connectivity index (χ4v) is 3.47. The van der Waals surface area contributed by atoms with E-state index in [1.165, 1.54) is 12.7 Å². The van der Waals surface area contributed by atoms with Gasteiger partial charge in [-0.05, 0) is 31.8 Å². The molecule has 1 saturated heterocycles. The molecule has 0 saturated carbocycles. The maximum absolute atomic E-state index is 11.5. The molecule has 25 heavy (non-hydrogen) atoms. The molecule has 0 unspecified atom stereocenters. The lowest BCUT2D eigenvalue weighted by Gasteiger charge is -2.33. The third-order valence-corrected chi connectivity index (χ3v) is 4.87. The summed E-state index contributed by atoms with van der Waals surface area (Å²) in [5.74, 6) is -0.553. The first-order valence-corrected chi connectivity index (χ1v) is 8.64. The molecule has 1 fully saturated rings. The first kappa shape index (κ1) is 17.6. The normalized spacial score (nSPS) is 17.4. The molecule has 6 heteroatoms. The van der Waals surface area contributed by atoms with Crippen molar-refractivity contribution >= 4 is 5.97 Å². The summed E-state index contributed by atoms with van der Waals surface area (Å²) in [5.41, 5.74) is 3.33. The number of aliphatic hydroxyl groups is 1. The van der Waals surface area contributed by atoms with Gasteiger partial charge in [-0.25, -0.2) is 4.79 Å². The average molecular weight is 343 g/mol. The zero-order valence-electron chi connectivity index (χ0n) is 14.8. The zero-order valence-corrected chi connectivity index (χ0v) is 14.8. The first-order valence-electron chi connectivity index (χ1n) is 8.64. The predicted octanol–water partition coefficient (Wildman–Crippen LogP) is 1.83. The second kappa shape index (κ2) is 7.80. The van der Waals surface area contributed by atoms with Crippen LogP contribution in [0.1, 0.15) is 18.4 Å². The Hall–Kier alpha value is -2.18. The van der Waals surface area contributed by atoms with Gasteiger partial charge < -0.3 is 9.84 Å². The number of aryl methyl sites for hydroxylation is 1. The number of aliphatic hydroxyl groups excluding tert-OH is 1. The van der Waals surface area contributed by atoms with Crippen LogP contribution >= 0.6 is 0 Å². The summed E-state index contributed by atoms with van der Waals surface area (Å²) in [6.07, 6.45) is 2.64. The predicted molar refractivity (Wildman–Crippen MR) is 94.7 cm³/mol. The number of carbonyl (C=O) groups is 1. The van der Waals surface area contributed by atoms with E-state index in [0.29, 0.717) is 0 Å². The van der Waals surface area contributed by atoms with E-state index in [1.807, 2.05) is 29.9 Å². The van der Waals surface area contributed by atoms with Gasteiger partial charge in [-0.1, -0.05) is 30.3 Å². The second-order valence-electron chi connectivity index (χ2n) is 6.62. The number of likely N-dealkylation sites (tertiary alicyclic amines) is 1. The Morgan fingerprint density at radius 1 is 1.32 bits per heavy atom. The minimum Gasteiger partial charge on any atom is -0.467 e. The molecule has 134 valence electrons. The van der Waals surface area contributed by atoms with Crippen LogP contribution in [0.3, 0.4) is 0 Å². The number of piperidine rings is 1. The number of nitrogens with zero attached hydrogens (tertiary/aromatic N) is 3. The zero-order chi connectivity index (χ0) is 17.8. The van der Waals surface area contributed by atoms with Gasteiger partial charge in [0.15, 0.2) is 6.10 Å². The van der Waals surface area contributed by atoms with Gasteiger partial charge >= 0.3 is 5.97 Å². The third kappa shape index (κ3) is 4.08. The lowest BCUT2D eigenvalue weighted by molar-refractivity contribution is -0.154. The lowest BCUT2D eigenvalue weighted by Crippen LogP contribution is -2.40. The number of benzene rings is 1. The second-order valence-corrected chi connectivity index (χ2v) is 6.62. The number of ether oxygens (including phenoxy) is 1. The smallest absolute Gasteiger partial charge is 0.334 e. The Labute approximate surface area is 148 Å². The molecule has 2 heterocycles. The fraction of sp³-hybridized carbons (Fsp3) is 0.474. The summed E-state index contributed by atoms with van der Waals surface area (Å²) in [4.78, 5) is 13.8. The number of carbonyl (C=O) groups excluding carboxylic acids is 1. The molecule has 0 aliphatic carbocycles. The number of hydrogen-bond donors (Lipinski definition) is 1. The van der Waals surface area contributed by atoms with Crippen molar-refractivity contribution in [1.82, 2.24) is 14.7 Å². The van der Waals surface area contributed by atoms with E-state index in [-0.39, 0.29) is 5.92 Å². The van der Waals surface area contributed by atoms with Crippen molar-refractivity contribution < 1.29 is 14.6 Å². The SMILES string of the molecule is COC(=O)[C@H](O)C1CCN(Cc2cn(C)nc2-c2ccccc2)CC1. The van der Waals surface area contributed by atoms with Crippen LogP contribution in [0.5, 0.6) is 0 Å². The molecule has 0 radical (unpaired) electrons. The summed E-state index contributed by atoms with van der Waals surface area (Å²) in [6.45, 7) is 2.52. The van der Waals surface area contributed by atoms with E-state index in [0.717, 1.165) is 43.7 Å². The molecule has 1 aliphatic rings. The van der Waals surface area contributed by atoms with Gasteiger partial charge in [0.25, 0.3) is 0 Å². The molecule has 6 nitrogen and oxygen atoms in total. The van der Waals surface area contributed by atoms with Gasteiger partial charge in [0.05, 0.1) is 12.8 Å². The Morgan fingerprint density at radius 3 is 2.64 bits per heavy atom. The maximum atomic E-state index is 11.5. The minimum absolute atomic E-state index is 0.0220. The van der Waals surface area contributed by atoms with Crippen LogP contribution in [-0.2, 0) is 23.1 Å². The maximum Gasteiger partial charge on any atom is 0.334 e. The summed E-state index contributed by atoms with van der Waals surface area (Å²) in [5, 5.41) is 14.6. The molecule has 1 aromatic heterocycles. The summed E-state index contributed by atoms with van der Waals surface area (Å²) >= 11 is 0. The van der Waals surface area contributed by atoms with Crippen LogP contribution in [0.15, 0.2) is 36.5 Å². The molecule has 0 amide bonds. The molecule has 1 N–H and O–H groups in total. The van der Waals surface area contributed by atoms with E-state index in [1.54, 1.807) is 0 Å². The van der Waals surface area contributed by atoms with Crippen molar-refractivity contribution in [2.45, 2.75) is 25.5 Å². The van der Waals surface area contributed by atoms with Gasteiger partial charge in [-0.3, -0.25) is 9.58 Å². The van der Waals surface area contributed by atoms with Crippen molar-refractivity contribution in [3.63, 3.8) is 0 Å². The summed E-state index contributed by atoms with van der Waals surface area (Å²) in [7, 11) is 3.25. The summed E-state index contributed by atoms with van der Waals surface area (Å²) < 4.78 is 6.49. The van der Waals surface area contributed by atoms with Crippen molar-refractivity contribution in [3.8, 4) is 11.3 Å². The molecular weight excluding hydrogens is 318 g/mol. The van der Waals surface area contributed by atoms with Crippen LogP contribution in [0.4, 0.5) is 0 Å². The molecule has 1 atom stereocenters. The highest BCUT2D eigenvalue weighted by atomic mass is 16.5. The van der Waals surface area contributed by atoms with Gasteiger partial charge in [0.1, 0.15) is 0 Å². The Balaban J connectivity index is 1.64. The van der Waals surface area contributed by atoms with E-state index in [4.69, 9.17) is 0 Å². The molecular formula is C19H25N3O3. The van der Waals surface area contributed by atoms with Crippen LogP contribution in [0.25, 0.3) is 11.3 Å². The van der Waals surface area contributed by atoms with Gasteiger partial charge in [0, 0.05) is 30.9 Å². The topological polar surface area (TPSA) is 67.6 Å². The molecule has 3 rings (SSSR count). The monoisotopic (exact) mass is 343 g/mol. The highest BCUT2D eigenvalue weighted by Crippen LogP contribution is 2.26. The van der Waals surface area contributed by atoms with Crippen LogP contribution in [0.2, 0.25) is 0 Å². The molecule has 1 aliphatic heterocycles. The van der Waals surface area contributed by atoms with Crippen molar-refractivity contribution in [1.29, 1.82) is 0 Å². The van der Waals surface area contributed by atoms with Gasteiger partial charge in [-0.15, -0.1) is 0 Å². The van der Waals surface area contributed by atoms with Gasteiger partial charge in [-0.2, -0.15) is 5.10 Å². The fourth-order valence-electron chi connectivity index (χ4n) is 3.47. The van der Waals surface area contributed by atoms with E-state index in [2.05, 4.69) is 33.1 Å². The summed E-state index contributed by atoms with van der Waals surface area (Å²) in [6, 6.07) is 10.2. The highest BCUT2D eigenvalue weighted by molar-refractivity contribution is 5.74. The number of methoxy groups -OCH3 is 1. The van der Waals surface area contributed by atoms with Crippen LogP contribution in [-0.4, -0.2) is 52.1 Å². The Kier molecular flexibility index (Phi) is 5.50. The molecule has 0 spiro atoms. The van der Waals surface area contributed by atoms with Crippen molar-refractivity contribution in [2.24, 2.45) is 13.0 Å². The molecule has 1 aromatic carbocycles. The third-order valence-electron chi connectivity index (χ3n) is 4.87. The lowest BCUT2D eigenvalue weighted by atomic mass is 9.91. The Morgan fingerprint density at radius 2 is 2.00 bits per heavy atom.